The first-order valence-corrected chi connectivity index (χ1v) is 8.21. The zero-order chi connectivity index (χ0) is 19.4. The van der Waals surface area contributed by atoms with Gasteiger partial charge in [0.25, 0.3) is 5.91 Å². The molecule has 1 aliphatic heterocycles. The Morgan fingerprint density at radius 1 is 1.15 bits per heavy atom. The van der Waals surface area contributed by atoms with Gasteiger partial charge in [0.1, 0.15) is 11.6 Å². The second-order valence-corrected chi connectivity index (χ2v) is 6.02. The summed E-state index contributed by atoms with van der Waals surface area (Å²) < 4.78 is 31.9. The molecule has 1 heterocycles. The normalized spacial score (nSPS) is 16.3. The number of carbonyl (C=O) groups excluding carboxylic acids is 3. The van der Waals surface area contributed by atoms with Crippen molar-refractivity contribution in [2.24, 2.45) is 5.92 Å². The molecule has 0 bridgehead atoms. The standard InChI is InChI=1S/C19H16F2N2O4/c20-13-4-3-5-14(9-13)22-17(24)11-27-19(26)12-8-18(25)23(10-12)16-7-2-1-6-15(16)21/h1-7,9,12H,8,10-11H2,(H,22,24)/t12-/m1/s1. The van der Waals surface area contributed by atoms with Gasteiger partial charge in [0.05, 0.1) is 11.6 Å². The number of benzene rings is 2. The van der Waals surface area contributed by atoms with Gasteiger partial charge in [0.2, 0.25) is 5.91 Å². The highest BCUT2D eigenvalue weighted by molar-refractivity contribution is 6.00. The Morgan fingerprint density at radius 3 is 2.67 bits per heavy atom. The van der Waals surface area contributed by atoms with Crippen LogP contribution in [0.1, 0.15) is 6.42 Å². The number of nitrogens with one attached hydrogen (secondary N) is 1. The quantitative estimate of drug-likeness (QED) is 0.816. The maximum absolute atomic E-state index is 13.8. The Balaban J connectivity index is 1.53. The van der Waals surface area contributed by atoms with Crippen molar-refractivity contribution in [2.45, 2.75) is 6.42 Å². The molecule has 2 amide bonds. The van der Waals surface area contributed by atoms with Crippen LogP contribution >= 0.6 is 0 Å². The van der Waals surface area contributed by atoms with Crippen molar-refractivity contribution < 1.29 is 27.9 Å². The molecule has 140 valence electrons. The first-order chi connectivity index (χ1) is 12.9. The van der Waals surface area contributed by atoms with E-state index in [1.54, 1.807) is 6.07 Å². The highest BCUT2D eigenvalue weighted by Crippen LogP contribution is 2.27. The molecule has 1 saturated heterocycles. The van der Waals surface area contributed by atoms with E-state index in [4.69, 9.17) is 4.74 Å². The van der Waals surface area contributed by atoms with Crippen LogP contribution in [0.25, 0.3) is 0 Å². The lowest BCUT2D eigenvalue weighted by Gasteiger charge is -2.17. The molecule has 0 unspecified atom stereocenters. The molecule has 1 N–H and O–H groups in total. The number of para-hydroxylation sites is 1. The molecule has 1 atom stereocenters. The van der Waals surface area contributed by atoms with E-state index in [1.807, 2.05) is 0 Å². The van der Waals surface area contributed by atoms with Gasteiger partial charge in [-0.05, 0) is 30.3 Å². The molecular formula is C19H16F2N2O4. The second-order valence-electron chi connectivity index (χ2n) is 6.02. The highest BCUT2D eigenvalue weighted by atomic mass is 19.1. The smallest absolute Gasteiger partial charge is 0.311 e. The maximum Gasteiger partial charge on any atom is 0.311 e. The highest BCUT2D eigenvalue weighted by Gasteiger charge is 2.37. The fourth-order valence-electron chi connectivity index (χ4n) is 2.79. The number of ether oxygens (including phenoxy) is 1. The van der Waals surface area contributed by atoms with E-state index in [-0.39, 0.29) is 24.3 Å². The summed E-state index contributed by atoms with van der Waals surface area (Å²) in [5.74, 6) is -3.62. The SMILES string of the molecule is O=C(COC(=O)[C@@H]1CC(=O)N(c2ccccc2F)C1)Nc1cccc(F)c1. The predicted octanol–water partition coefficient (Wildman–Crippen LogP) is 2.50. The molecular weight excluding hydrogens is 358 g/mol. The maximum atomic E-state index is 13.8. The summed E-state index contributed by atoms with van der Waals surface area (Å²) in [6.45, 7) is -0.593. The minimum atomic E-state index is -0.793. The summed E-state index contributed by atoms with van der Waals surface area (Å²) in [6, 6.07) is 11.0. The third-order valence-corrected chi connectivity index (χ3v) is 4.06. The van der Waals surface area contributed by atoms with Crippen LogP contribution in [0.4, 0.5) is 20.2 Å². The number of anilines is 2. The van der Waals surface area contributed by atoms with Gasteiger partial charge < -0.3 is 15.0 Å². The summed E-state index contributed by atoms with van der Waals surface area (Å²) in [5, 5.41) is 2.40. The van der Waals surface area contributed by atoms with Crippen LogP contribution in [-0.4, -0.2) is 30.9 Å². The van der Waals surface area contributed by atoms with Crippen LogP contribution in [0.2, 0.25) is 0 Å². The average Bonchev–Trinajstić information content (AvgIpc) is 3.02. The van der Waals surface area contributed by atoms with Gasteiger partial charge in [0.15, 0.2) is 6.61 Å². The van der Waals surface area contributed by atoms with Crippen molar-refractivity contribution in [3.63, 3.8) is 0 Å². The van der Waals surface area contributed by atoms with Crippen molar-refractivity contribution in [3.8, 4) is 0 Å². The molecule has 0 saturated carbocycles. The van der Waals surface area contributed by atoms with Gasteiger partial charge in [-0.1, -0.05) is 18.2 Å². The van der Waals surface area contributed by atoms with Crippen molar-refractivity contribution >= 4 is 29.2 Å². The van der Waals surface area contributed by atoms with Crippen LogP contribution in [0, 0.1) is 17.6 Å². The van der Waals surface area contributed by atoms with Gasteiger partial charge in [0, 0.05) is 18.7 Å². The number of hydrogen-bond donors (Lipinski definition) is 1. The Morgan fingerprint density at radius 2 is 1.93 bits per heavy atom. The number of carbonyl (C=O) groups is 3. The van der Waals surface area contributed by atoms with Gasteiger partial charge in [-0.25, -0.2) is 8.78 Å². The monoisotopic (exact) mass is 374 g/mol. The van der Waals surface area contributed by atoms with Crippen LogP contribution in [0.5, 0.6) is 0 Å². The van der Waals surface area contributed by atoms with Crippen LogP contribution in [0.3, 0.4) is 0 Å². The van der Waals surface area contributed by atoms with E-state index in [9.17, 15) is 23.2 Å². The van der Waals surface area contributed by atoms with Crippen LogP contribution in [-0.2, 0) is 19.1 Å². The Kier molecular flexibility index (Phi) is 5.44. The molecule has 1 fully saturated rings. The summed E-state index contributed by atoms with van der Waals surface area (Å²) in [7, 11) is 0. The molecule has 0 aromatic heterocycles. The number of halogens is 2. The first-order valence-electron chi connectivity index (χ1n) is 8.21. The molecule has 0 radical (unpaired) electrons. The third-order valence-electron chi connectivity index (χ3n) is 4.06. The molecule has 2 aromatic carbocycles. The fourth-order valence-corrected chi connectivity index (χ4v) is 2.79. The molecule has 6 nitrogen and oxygen atoms in total. The topological polar surface area (TPSA) is 75.7 Å². The molecule has 0 aliphatic carbocycles. The molecule has 2 aromatic rings. The lowest BCUT2D eigenvalue weighted by molar-refractivity contribution is -0.151. The fraction of sp³-hybridized carbons (Fsp3) is 0.211. The Hall–Kier alpha value is -3.29. The number of hydrogen-bond acceptors (Lipinski definition) is 4. The van der Waals surface area contributed by atoms with Gasteiger partial charge in [-0.3, -0.25) is 14.4 Å². The third kappa shape index (κ3) is 4.46. The molecule has 1 aliphatic rings. The van der Waals surface area contributed by atoms with Crippen LogP contribution in [0.15, 0.2) is 48.5 Å². The Bertz CT molecular complexity index is 888. The molecule has 8 heteroatoms. The van der Waals surface area contributed by atoms with Crippen molar-refractivity contribution in [3.05, 3.63) is 60.2 Å². The second kappa shape index (κ2) is 7.94. The number of nitrogens with zero attached hydrogens (tertiary/aromatic N) is 1. The molecule has 27 heavy (non-hydrogen) atoms. The number of amides is 2. The van der Waals surface area contributed by atoms with E-state index < -0.39 is 41.9 Å². The van der Waals surface area contributed by atoms with Crippen LogP contribution < -0.4 is 10.2 Å². The van der Waals surface area contributed by atoms with Gasteiger partial charge in [-0.2, -0.15) is 0 Å². The molecule has 0 spiro atoms. The summed E-state index contributed by atoms with van der Waals surface area (Å²) in [5.41, 5.74) is 0.333. The lowest BCUT2D eigenvalue weighted by atomic mass is 10.1. The lowest BCUT2D eigenvalue weighted by Crippen LogP contribution is -2.28. The summed E-state index contributed by atoms with van der Waals surface area (Å²) >= 11 is 0. The van der Waals surface area contributed by atoms with E-state index in [2.05, 4.69) is 5.32 Å². The van der Waals surface area contributed by atoms with Gasteiger partial charge in [-0.15, -0.1) is 0 Å². The van der Waals surface area contributed by atoms with E-state index >= 15 is 0 Å². The minimum Gasteiger partial charge on any atom is -0.455 e. The average molecular weight is 374 g/mol. The molecule has 3 rings (SSSR count). The van der Waals surface area contributed by atoms with Crippen molar-refractivity contribution in [1.82, 2.24) is 0 Å². The van der Waals surface area contributed by atoms with E-state index in [0.717, 1.165) is 6.07 Å². The summed E-state index contributed by atoms with van der Waals surface area (Å²) in [4.78, 5) is 37.2. The van der Waals surface area contributed by atoms with Gasteiger partial charge >= 0.3 is 5.97 Å². The van der Waals surface area contributed by atoms with E-state index in [1.165, 1.54) is 41.3 Å². The number of rotatable bonds is 5. The number of esters is 1. The van der Waals surface area contributed by atoms with E-state index in [0.29, 0.717) is 0 Å². The minimum absolute atomic E-state index is 0.0237. The van der Waals surface area contributed by atoms with Crippen molar-refractivity contribution in [2.75, 3.05) is 23.4 Å². The summed E-state index contributed by atoms with van der Waals surface area (Å²) in [6.07, 6.45) is -0.126. The Labute approximate surface area is 153 Å². The zero-order valence-electron chi connectivity index (χ0n) is 14.2. The first kappa shape index (κ1) is 18.5. The van der Waals surface area contributed by atoms with Crippen molar-refractivity contribution in [1.29, 1.82) is 0 Å². The predicted molar refractivity (Wildman–Crippen MR) is 92.8 cm³/mol. The zero-order valence-corrected chi connectivity index (χ0v) is 14.2. The largest absolute Gasteiger partial charge is 0.455 e.